The van der Waals surface area contributed by atoms with Crippen LogP contribution in [0, 0.1) is 40.5 Å². The first-order valence-corrected chi connectivity index (χ1v) is 4.79. The maximum Gasteiger partial charge on any atom is 0.212 e. The van der Waals surface area contributed by atoms with Gasteiger partial charge in [-0.1, -0.05) is 20.0 Å². The van der Waals surface area contributed by atoms with Crippen LogP contribution in [-0.4, -0.2) is 66.8 Å². The van der Waals surface area contributed by atoms with Crippen LogP contribution in [0.25, 0.3) is 0 Å². The molecule has 0 aromatic carbocycles. The smallest absolute Gasteiger partial charge is 0.212 e. The summed E-state index contributed by atoms with van der Waals surface area (Å²) in [5, 5.41) is 39.2. The first-order chi connectivity index (χ1) is 9.22. The average Bonchev–Trinajstić information content (AvgIpc) is 2.26. The molecule has 1 fully saturated rings. The lowest BCUT2D eigenvalue weighted by Crippen LogP contribution is -2.59. The van der Waals surface area contributed by atoms with Crippen LogP contribution in [0.5, 0.6) is 0 Å². The third-order valence-electron chi connectivity index (χ3n) is 2.23. The second kappa shape index (κ2) is 5.63. The topological polar surface area (TPSA) is 186 Å². The van der Waals surface area contributed by atoms with E-state index in [1.807, 2.05) is 0 Å². The van der Waals surface area contributed by atoms with Gasteiger partial charge in [-0.05, 0) is 0 Å². The van der Waals surface area contributed by atoms with Crippen LogP contribution in [0.2, 0.25) is 0 Å². The van der Waals surface area contributed by atoms with Crippen molar-refractivity contribution in [1.82, 2.24) is 20.0 Å². The Labute approximate surface area is 108 Å². The lowest BCUT2D eigenvalue weighted by Gasteiger charge is -2.27. The zero-order valence-corrected chi connectivity index (χ0v) is 9.67. The Hall–Kier alpha value is -3.20. The van der Waals surface area contributed by atoms with Crippen molar-refractivity contribution < 1.29 is 20.1 Å². The van der Waals surface area contributed by atoms with E-state index in [-0.39, 0.29) is 20.0 Å². The van der Waals surface area contributed by atoms with Crippen molar-refractivity contribution in [2.75, 3.05) is 26.7 Å². The van der Waals surface area contributed by atoms with Gasteiger partial charge in [-0.25, -0.2) is 40.5 Å². The lowest BCUT2D eigenvalue weighted by molar-refractivity contribution is -0.775. The quantitative estimate of drug-likeness (QED) is 0.403. The molecule has 20 heavy (non-hydrogen) atoms. The van der Waals surface area contributed by atoms with E-state index in [0.717, 1.165) is 0 Å². The maximum absolute atomic E-state index is 10.7. The van der Waals surface area contributed by atoms with Gasteiger partial charge in [0.05, 0.1) is 0 Å². The minimum absolute atomic E-state index is 0.197. The third kappa shape index (κ3) is 3.40. The molecule has 0 radical (unpaired) electrons. The van der Waals surface area contributed by atoms with Gasteiger partial charge in [0.15, 0.2) is 20.1 Å². The lowest BCUT2D eigenvalue weighted by atomic mass is 10.8. The molecule has 112 valence electrons. The van der Waals surface area contributed by atoms with Gasteiger partial charge in [-0.2, -0.15) is 0 Å². The number of hydrogen-bond donors (Lipinski definition) is 0. The van der Waals surface area contributed by atoms with Crippen molar-refractivity contribution in [3.05, 3.63) is 40.5 Å². The molecule has 0 bridgehead atoms. The molecule has 0 atom stereocenters. The van der Waals surface area contributed by atoms with E-state index in [1.54, 1.807) is 0 Å². The first-order valence-electron chi connectivity index (χ1n) is 4.79. The second-order valence-corrected chi connectivity index (χ2v) is 3.54. The fraction of sp³-hybridized carbons (Fsp3) is 1.00. The first kappa shape index (κ1) is 14.9. The molecule has 0 spiro atoms. The summed E-state index contributed by atoms with van der Waals surface area (Å²) < 4.78 is 0. The molecule has 0 unspecified atom stereocenters. The van der Waals surface area contributed by atoms with Crippen molar-refractivity contribution >= 4 is 0 Å². The van der Waals surface area contributed by atoms with Crippen molar-refractivity contribution in [2.24, 2.45) is 0 Å². The molecule has 1 rings (SSSR count). The van der Waals surface area contributed by atoms with E-state index >= 15 is 0 Å². The van der Waals surface area contributed by atoms with Crippen LogP contribution in [0.3, 0.4) is 0 Å². The molecule has 0 aliphatic carbocycles. The highest BCUT2D eigenvalue weighted by atomic mass is 16.7. The van der Waals surface area contributed by atoms with Gasteiger partial charge in [-0.15, -0.1) is 0 Å². The summed E-state index contributed by atoms with van der Waals surface area (Å²) >= 11 is 0. The van der Waals surface area contributed by atoms with Gasteiger partial charge >= 0.3 is 0 Å². The molecule has 0 saturated carbocycles. The highest BCUT2D eigenvalue weighted by molar-refractivity contribution is 4.50. The molecule has 1 aliphatic heterocycles. The third-order valence-corrected chi connectivity index (χ3v) is 2.23. The Morgan fingerprint density at radius 3 is 1.25 bits per heavy atom. The monoisotopic (exact) mass is 298 g/mol. The average molecular weight is 298 g/mol. The van der Waals surface area contributed by atoms with Gasteiger partial charge in [0, 0.05) is 0 Å². The molecule has 0 aromatic rings. The SMILES string of the molecule is O=[N+]([O-])N1CN([N+](=O)[O-])CN([N+](=O)[O-])[14CH2]N([N+](=O)[O-])C1. The molecule has 0 amide bonds. The Morgan fingerprint density at radius 1 is 0.650 bits per heavy atom. The van der Waals surface area contributed by atoms with E-state index in [1.165, 1.54) is 0 Å². The van der Waals surface area contributed by atoms with Crippen LogP contribution in [0.4, 0.5) is 0 Å². The molecule has 0 aromatic heterocycles. The summed E-state index contributed by atoms with van der Waals surface area (Å²) in [6.07, 6.45) is 0. The molecular weight excluding hydrogens is 290 g/mol. The van der Waals surface area contributed by atoms with Crippen molar-refractivity contribution in [2.45, 2.75) is 0 Å². The molecule has 16 nitrogen and oxygen atoms in total. The molecule has 1 saturated heterocycles. The fourth-order valence-corrected chi connectivity index (χ4v) is 1.35. The summed E-state index contributed by atoms with van der Waals surface area (Å²) in [6.45, 7) is -3.80. The van der Waals surface area contributed by atoms with E-state index in [2.05, 4.69) is 0 Å². The fourth-order valence-electron chi connectivity index (χ4n) is 1.35. The van der Waals surface area contributed by atoms with Gasteiger partial charge in [0.2, 0.25) is 26.7 Å². The van der Waals surface area contributed by atoms with Gasteiger partial charge in [-0.3, -0.25) is 0 Å². The second-order valence-electron chi connectivity index (χ2n) is 3.54. The molecule has 1 aliphatic rings. The number of rotatable bonds is 4. The number of nitrogens with zero attached hydrogens (tertiary/aromatic N) is 8. The predicted molar refractivity (Wildman–Crippen MR) is 54.8 cm³/mol. The molecular formula is C4H8N8O8. The summed E-state index contributed by atoms with van der Waals surface area (Å²) in [5.74, 6) is 0. The van der Waals surface area contributed by atoms with Crippen LogP contribution < -0.4 is 0 Å². The number of hydrazine groups is 4. The van der Waals surface area contributed by atoms with E-state index in [4.69, 9.17) is 0 Å². The summed E-state index contributed by atoms with van der Waals surface area (Å²) in [6, 6.07) is 0. The van der Waals surface area contributed by atoms with Crippen LogP contribution in [0.1, 0.15) is 0 Å². The highest BCUT2D eigenvalue weighted by Crippen LogP contribution is 2.07. The Morgan fingerprint density at radius 2 is 1.00 bits per heavy atom. The Bertz CT molecular complexity index is 352. The van der Waals surface area contributed by atoms with Gasteiger partial charge in [0.1, 0.15) is 0 Å². The standard InChI is InChI=1S/C4H8N8O8/c13-9(14)5-1-6(10(15)16)3-8(12(19)20)4-7(2-5)11(17)18/h1-4H2/i1+2. The normalized spacial score (nSPS) is 16.4. The minimum Gasteiger partial charge on any atom is -0.235 e. The van der Waals surface area contributed by atoms with Crippen LogP contribution in [0.15, 0.2) is 0 Å². The van der Waals surface area contributed by atoms with E-state index in [9.17, 15) is 40.5 Å². The minimum atomic E-state index is -1.06. The molecule has 16 heteroatoms. The Balaban J connectivity index is 3.02. The number of hydrogen-bond acceptors (Lipinski definition) is 8. The van der Waals surface area contributed by atoms with Gasteiger partial charge in [0.25, 0.3) is 0 Å². The van der Waals surface area contributed by atoms with Crippen molar-refractivity contribution in [3.8, 4) is 0 Å². The zero-order chi connectivity index (χ0) is 15.4. The maximum atomic E-state index is 10.7. The largest absolute Gasteiger partial charge is 0.235 e. The van der Waals surface area contributed by atoms with Crippen LogP contribution in [-0.2, 0) is 0 Å². The predicted octanol–water partition coefficient (Wildman–Crippen LogP) is -2.20. The van der Waals surface area contributed by atoms with Crippen LogP contribution >= 0.6 is 0 Å². The molecule has 0 N–H and O–H groups in total. The zero-order valence-electron chi connectivity index (χ0n) is 9.67. The molecule has 1 heterocycles. The van der Waals surface area contributed by atoms with Gasteiger partial charge < -0.3 is 0 Å². The van der Waals surface area contributed by atoms with E-state index in [0.29, 0.717) is 0 Å². The van der Waals surface area contributed by atoms with E-state index < -0.39 is 46.8 Å². The summed E-state index contributed by atoms with van der Waals surface area (Å²) in [4.78, 5) is 42.6. The van der Waals surface area contributed by atoms with Crippen molar-refractivity contribution in [1.29, 1.82) is 0 Å². The Kier molecular flexibility index (Phi) is 4.18. The summed E-state index contributed by atoms with van der Waals surface area (Å²) in [7, 11) is 0. The number of nitro groups is 4. The summed E-state index contributed by atoms with van der Waals surface area (Å²) in [5.41, 5.74) is 0. The highest BCUT2D eigenvalue weighted by Gasteiger charge is 2.39. The van der Waals surface area contributed by atoms with Crippen molar-refractivity contribution in [3.63, 3.8) is 0 Å².